The third-order valence-corrected chi connectivity index (χ3v) is 5.83. The molecule has 3 rings (SSSR count). The minimum absolute atomic E-state index is 0.138. The monoisotopic (exact) mass is 443 g/mol. The number of alkyl halides is 3. The van der Waals surface area contributed by atoms with Gasteiger partial charge in [0.25, 0.3) is 10.0 Å². The Morgan fingerprint density at radius 2 is 1.70 bits per heavy atom. The number of hydrogen-bond acceptors (Lipinski definition) is 5. The third kappa shape index (κ3) is 5.22. The molecule has 1 saturated heterocycles. The molecule has 2 aromatic rings. The van der Waals surface area contributed by atoms with Crippen LogP contribution in [0.15, 0.2) is 47.4 Å². The minimum atomic E-state index is -4.62. The first kappa shape index (κ1) is 21.9. The van der Waals surface area contributed by atoms with E-state index in [0.29, 0.717) is 32.0 Å². The van der Waals surface area contributed by atoms with Crippen molar-refractivity contribution in [1.82, 2.24) is 4.72 Å². The first-order chi connectivity index (χ1) is 14.1. The van der Waals surface area contributed by atoms with Crippen molar-refractivity contribution in [3.8, 4) is 0 Å². The van der Waals surface area contributed by atoms with Gasteiger partial charge in [0.2, 0.25) is 0 Å². The average Bonchev–Trinajstić information content (AvgIpc) is 2.68. The van der Waals surface area contributed by atoms with Gasteiger partial charge in [-0.2, -0.15) is 13.2 Å². The number of urea groups is 1. The van der Waals surface area contributed by atoms with Gasteiger partial charge in [0.05, 0.1) is 35.0 Å². The minimum Gasteiger partial charge on any atom is -0.378 e. The number of nitrogens with one attached hydrogen (secondary N) is 2. The van der Waals surface area contributed by atoms with Gasteiger partial charge in [-0.1, -0.05) is 17.7 Å². The molecule has 0 radical (unpaired) electrons. The molecule has 30 heavy (non-hydrogen) atoms. The van der Waals surface area contributed by atoms with E-state index in [1.54, 1.807) is 24.0 Å². The number of ether oxygens (including phenoxy) is 1. The second-order valence-corrected chi connectivity index (χ2v) is 8.38. The largest absolute Gasteiger partial charge is 0.416 e. The zero-order valence-corrected chi connectivity index (χ0v) is 16.8. The Labute approximate surface area is 171 Å². The van der Waals surface area contributed by atoms with Gasteiger partial charge in [0.1, 0.15) is 0 Å². The van der Waals surface area contributed by atoms with Crippen molar-refractivity contribution in [2.45, 2.75) is 18.0 Å². The molecule has 0 saturated carbocycles. The Hall–Kier alpha value is -2.79. The summed E-state index contributed by atoms with van der Waals surface area (Å²) in [5.74, 6) is 0. The molecule has 0 aliphatic carbocycles. The van der Waals surface area contributed by atoms with Crippen LogP contribution in [0.2, 0.25) is 0 Å². The molecule has 1 fully saturated rings. The van der Waals surface area contributed by atoms with Gasteiger partial charge in [0.15, 0.2) is 0 Å². The fraction of sp³-hybridized carbons (Fsp3) is 0.316. The van der Waals surface area contributed by atoms with E-state index >= 15 is 0 Å². The Morgan fingerprint density at radius 1 is 1.07 bits per heavy atom. The second kappa shape index (κ2) is 8.52. The molecular formula is C19H20F3N3O4S. The van der Waals surface area contributed by atoms with E-state index in [4.69, 9.17) is 4.74 Å². The summed E-state index contributed by atoms with van der Waals surface area (Å²) in [6, 6.07) is 7.57. The molecule has 0 aromatic heterocycles. The molecule has 1 aliphatic heterocycles. The van der Waals surface area contributed by atoms with Gasteiger partial charge in [-0.15, -0.1) is 0 Å². The molecule has 2 N–H and O–H groups in total. The van der Waals surface area contributed by atoms with Crippen LogP contribution in [0.25, 0.3) is 0 Å². The highest BCUT2D eigenvalue weighted by Crippen LogP contribution is 2.35. The number of hydrogen-bond donors (Lipinski definition) is 2. The standard InChI is InChI=1S/C19H20F3N3O4S/c1-13-2-5-15(6-3-13)30(27,28)24-18(26)23-16-12-14(19(20,21)22)4-7-17(16)25-8-10-29-11-9-25/h2-7,12H,8-11H2,1H3,(H2,23,24,26). The smallest absolute Gasteiger partial charge is 0.378 e. The first-order valence-electron chi connectivity index (χ1n) is 9.01. The van der Waals surface area contributed by atoms with E-state index in [2.05, 4.69) is 5.32 Å². The van der Waals surface area contributed by atoms with Crippen molar-refractivity contribution in [1.29, 1.82) is 0 Å². The Bertz CT molecular complexity index is 1020. The molecule has 0 atom stereocenters. The fourth-order valence-corrected chi connectivity index (χ4v) is 3.85. The number of anilines is 2. The van der Waals surface area contributed by atoms with Crippen molar-refractivity contribution < 1.29 is 31.1 Å². The maximum Gasteiger partial charge on any atom is 0.416 e. The number of morpholine rings is 1. The van der Waals surface area contributed by atoms with Crippen LogP contribution < -0.4 is 14.9 Å². The molecule has 162 valence electrons. The number of rotatable bonds is 4. The lowest BCUT2D eigenvalue weighted by atomic mass is 10.1. The molecule has 0 unspecified atom stereocenters. The number of amides is 2. The van der Waals surface area contributed by atoms with Crippen LogP contribution in [0.1, 0.15) is 11.1 Å². The first-order valence-corrected chi connectivity index (χ1v) is 10.5. The number of nitrogens with zero attached hydrogens (tertiary/aromatic N) is 1. The average molecular weight is 443 g/mol. The molecule has 2 aromatic carbocycles. The maximum absolute atomic E-state index is 13.1. The maximum atomic E-state index is 13.1. The lowest BCUT2D eigenvalue weighted by Gasteiger charge is -2.31. The molecular weight excluding hydrogens is 423 g/mol. The van der Waals surface area contributed by atoms with E-state index in [0.717, 1.165) is 17.7 Å². The van der Waals surface area contributed by atoms with Gasteiger partial charge in [-0.3, -0.25) is 0 Å². The second-order valence-electron chi connectivity index (χ2n) is 6.70. The van der Waals surface area contributed by atoms with Crippen molar-refractivity contribution in [2.24, 2.45) is 0 Å². The summed E-state index contributed by atoms with van der Waals surface area (Å²) >= 11 is 0. The van der Waals surface area contributed by atoms with E-state index in [9.17, 15) is 26.4 Å². The zero-order valence-electron chi connectivity index (χ0n) is 16.0. The SMILES string of the molecule is Cc1ccc(S(=O)(=O)NC(=O)Nc2cc(C(F)(F)F)ccc2N2CCOCC2)cc1. The fourth-order valence-electron chi connectivity index (χ4n) is 2.94. The Balaban J connectivity index is 1.85. The van der Waals surface area contributed by atoms with Crippen LogP contribution in [-0.4, -0.2) is 40.8 Å². The summed E-state index contributed by atoms with van der Waals surface area (Å²) in [6.07, 6.45) is -4.62. The van der Waals surface area contributed by atoms with Gasteiger partial charge < -0.3 is 15.0 Å². The highest BCUT2D eigenvalue weighted by molar-refractivity contribution is 7.90. The predicted octanol–water partition coefficient (Wildman–Crippen LogP) is 3.36. The molecule has 2 amide bonds. The lowest BCUT2D eigenvalue weighted by molar-refractivity contribution is -0.137. The number of halogens is 3. The summed E-state index contributed by atoms with van der Waals surface area (Å²) in [4.78, 5) is 14.0. The Morgan fingerprint density at radius 3 is 2.30 bits per heavy atom. The van der Waals surface area contributed by atoms with E-state index in [1.807, 2.05) is 4.72 Å². The summed E-state index contributed by atoms with van der Waals surface area (Å²) in [5, 5.41) is 2.25. The number of sulfonamides is 1. The predicted molar refractivity (Wildman–Crippen MR) is 105 cm³/mol. The number of carbonyl (C=O) groups excluding carboxylic acids is 1. The molecule has 0 bridgehead atoms. The van der Waals surface area contributed by atoms with Crippen LogP contribution in [0, 0.1) is 6.92 Å². The van der Waals surface area contributed by atoms with Crippen LogP contribution in [0.3, 0.4) is 0 Å². The summed E-state index contributed by atoms with van der Waals surface area (Å²) in [7, 11) is -4.19. The summed E-state index contributed by atoms with van der Waals surface area (Å²) in [6.45, 7) is 3.38. The van der Waals surface area contributed by atoms with Gasteiger partial charge in [-0.05, 0) is 37.3 Å². The van der Waals surface area contributed by atoms with Crippen molar-refractivity contribution >= 4 is 27.4 Å². The highest BCUT2D eigenvalue weighted by atomic mass is 32.2. The van der Waals surface area contributed by atoms with E-state index in [-0.39, 0.29) is 10.6 Å². The van der Waals surface area contributed by atoms with E-state index < -0.39 is 27.8 Å². The van der Waals surface area contributed by atoms with Crippen molar-refractivity contribution in [3.05, 3.63) is 53.6 Å². The quantitative estimate of drug-likeness (QED) is 0.757. The molecule has 7 nitrogen and oxygen atoms in total. The van der Waals surface area contributed by atoms with Crippen LogP contribution in [0.5, 0.6) is 0 Å². The molecule has 1 aliphatic rings. The number of benzene rings is 2. The van der Waals surface area contributed by atoms with Gasteiger partial charge >= 0.3 is 12.2 Å². The summed E-state index contributed by atoms with van der Waals surface area (Å²) < 4.78 is 71.3. The van der Waals surface area contributed by atoms with Crippen LogP contribution in [-0.2, 0) is 20.9 Å². The Kier molecular flexibility index (Phi) is 6.22. The van der Waals surface area contributed by atoms with Crippen molar-refractivity contribution in [2.75, 3.05) is 36.5 Å². The van der Waals surface area contributed by atoms with Crippen molar-refractivity contribution in [3.63, 3.8) is 0 Å². The summed E-state index contributed by atoms with van der Waals surface area (Å²) in [5.41, 5.74) is 0.0613. The molecule has 11 heteroatoms. The highest BCUT2D eigenvalue weighted by Gasteiger charge is 2.32. The van der Waals surface area contributed by atoms with Crippen LogP contribution >= 0.6 is 0 Å². The molecule has 0 spiro atoms. The normalized spacial score (nSPS) is 15.0. The third-order valence-electron chi connectivity index (χ3n) is 4.48. The van der Waals surface area contributed by atoms with Crippen LogP contribution in [0.4, 0.5) is 29.3 Å². The van der Waals surface area contributed by atoms with E-state index in [1.165, 1.54) is 18.2 Å². The topological polar surface area (TPSA) is 87.7 Å². The van der Waals surface area contributed by atoms with Gasteiger partial charge in [0, 0.05) is 13.1 Å². The number of carbonyl (C=O) groups is 1. The molecule has 1 heterocycles. The zero-order chi connectivity index (χ0) is 21.9. The van der Waals surface area contributed by atoms with Gasteiger partial charge in [-0.25, -0.2) is 17.9 Å². The lowest BCUT2D eigenvalue weighted by Crippen LogP contribution is -2.38. The number of aryl methyl sites for hydroxylation is 1.